The van der Waals surface area contributed by atoms with Crippen LogP contribution in [0, 0.1) is 5.41 Å². The zero-order valence-corrected chi connectivity index (χ0v) is 24.1. The van der Waals surface area contributed by atoms with Gasteiger partial charge in [-0.3, -0.25) is 14.5 Å². The van der Waals surface area contributed by atoms with Crippen molar-refractivity contribution in [3.63, 3.8) is 0 Å². The monoisotopic (exact) mass is 570 g/mol. The second kappa shape index (κ2) is 11.9. The van der Waals surface area contributed by atoms with E-state index in [4.69, 9.17) is 27.9 Å². The number of hydrogen-bond acceptors (Lipinski definition) is 6. The van der Waals surface area contributed by atoms with Gasteiger partial charge in [-0.25, -0.2) is 0 Å². The molecule has 7 nitrogen and oxygen atoms in total. The molecule has 1 atom stereocenters. The van der Waals surface area contributed by atoms with Crippen molar-refractivity contribution >= 4 is 46.3 Å². The first-order valence-corrected chi connectivity index (χ1v) is 14.4. The van der Waals surface area contributed by atoms with Gasteiger partial charge in [0.2, 0.25) is 5.91 Å². The van der Waals surface area contributed by atoms with Gasteiger partial charge in [-0.15, -0.1) is 0 Å². The van der Waals surface area contributed by atoms with E-state index in [0.717, 1.165) is 61.9 Å². The van der Waals surface area contributed by atoms with Crippen molar-refractivity contribution in [1.29, 1.82) is 0 Å². The van der Waals surface area contributed by atoms with Gasteiger partial charge in [0.25, 0.3) is 0 Å². The lowest BCUT2D eigenvalue weighted by atomic mass is 9.73. The summed E-state index contributed by atoms with van der Waals surface area (Å²) in [5.74, 6) is -0.0389. The molecule has 2 aliphatic heterocycles. The summed E-state index contributed by atoms with van der Waals surface area (Å²) in [5, 5.41) is 7.65. The first kappa shape index (κ1) is 28.0. The molecule has 0 spiro atoms. The molecule has 1 amide bonds. The van der Waals surface area contributed by atoms with E-state index in [1.54, 1.807) is 12.1 Å². The molecule has 3 aliphatic rings. The van der Waals surface area contributed by atoms with Gasteiger partial charge in [-0.05, 0) is 54.6 Å². The van der Waals surface area contributed by atoms with Crippen molar-refractivity contribution in [2.45, 2.75) is 39.2 Å². The molecule has 208 valence electrons. The second-order valence-electron chi connectivity index (χ2n) is 11.3. The van der Waals surface area contributed by atoms with Crippen molar-refractivity contribution in [1.82, 2.24) is 10.2 Å². The summed E-state index contributed by atoms with van der Waals surface area (Å²) in [6.45, 7) is 9.18. The Morgan fingerprint density at radius 2 is 1.90 bits per heavy atom. The Bertz CT molecular complexity index is 1270. The summed E-state index contributed by atoms with van der Waals surface area (Å²) in [4.78, 5) is 31.5. The highest BCUT2D eigenvalue weighted by Crippen LogP contribution is 2.49. The molecular formula is C30H36Cl2N4O3. The third-order valence-corrected chi connectivity index (χ3v) is 8.21. The number of rotatable bonds is 7. The molecule has 0 saturated carbocycles. The van der Waals surface area contributed by atoms with E-state index >= 15 is 0 Å². The van der Waals surface area contributed by atoms with Crippen LogP contribution >= 0.6 is 23.2 Å². The number of ketones is 1. The van der Waals surface area contributed by atoms with Gasteiger partial charge in [0.15, 0.2) is 5.78 Å². The average molecular weight is 572 g/mol. The van der Waals surface area contributed by atoms with Crippen molar-refractivity contribution in [2.24, 2.45) is 5.41 Å². The Morgan fingerprint density at radius 3 is 2.67 bits per heavy atom. The Morgan fingerprint density at radius 1 is 1.13 bits per heavy atom. The number of nitrogens with zero attached hydrogens (tertiary/aromatic N) is 2. The molecule has 2 N–H and O–H groups in total. The van der Waals surface area contributed by atoms with Gasteiger partial charge in [0.05, 0.1) is 37.2 Å². The largest absolute Gasteiger partial charge is 0.379 e. The number of carbonyl (C=O) groups excluding carboxylic acids is 2. The topological polar surface area (TPSA) is 73.9 Å². The maximum Gasteiger partial charge on any atom is 0.239 e. The lowest BCUT2D eigenvalue weighted by Gasteiger charge is -2.38. The Kier molecular flexibility index (Phi) is 8.52. The highest BCUT2D eigenvalue weighted by Gasteiger charge is 2.42. The number of hydrogen-bond donors (Lipinski definition) is 2. The van der Waals surface area contributed by atoms with Gasteiger partial charge in [-0.1, -0.05) is 55.2 Å². The fourth-order valence-corrected chi connectivity index (χ4v) is 6.35. The van der Waals surface area contributed by atoms with Gasteiger partial charge in [-0.2, -0.15) is 0 Å². The molecule has 1 aliphatic carbocycles. The molecule has 1 saturated heterocycles. The van der Waals surface area contributed by atoms with Crippen LogP contribution in [0.4, 0.5) is 11.4 Å². The second-order valence-corrected chi connectivity index (χ2v) is 12.2. The summed E-state index contributed by atoms with van der Waals surface area (Å²) in [6.07, 6.45) is 2.00. The number of allylic oxidation sites excluding steroid dienone is 1. The summed E-state index contributed by atoms with van der Waals surface area (Å²) in [5.41, 5.74) is 3.82. The molecule has 0 radical (unpaired) electrons. The molecule has 1 unspecified atom stereocenters. The standard InChI is InChI=1S/C30H36Cl2N4O3/c1-30(2)17-24-28(26(37)18-30)29(21-9-8-20(31)16-22(21)32)36(25-7-4-3-6-23(25)34-24)19-27(38)33-10-5-11-35-12-14-39-15-13-35/h3-4,6-9,16,29,34H,5,10-15,17-19H2,1-2H3,(H,33,38). The molecule has 9 heteroatoms. The van der Waals surface area contributed by atoms with E-state index < -0.39 is 6.04 Å². The van der Waals surface area contributed by atoms with E-state index in [0.29, 0.717) is 35.0 Å². The number of amides is 1. The number of nitrogens with one attached hydrogen (secondary N) is 2. The highest BCUT2D eigenvalue weighted by molar-refractivity contribution is 6.35. The minimum absolute atomic E-state index is 0.0634. The molecule has 1 fully saturated rings. The summed E-state index contributed by atoms with van der Waals surface area (Å²) in [6, 6.07) is 12.7. The molecular weight excluding hydrogens is 535 g/mol. The molecule has 5 rings (SSSR count). The van der Waals surface area contributed by atoms with Crippen LogP contribution in [0.25, 0.3) is 0 Å². The third-order valence-electron chi connectivity index (χ3n) is 7.65. The van der Waals surface area contributed by atoms with Crippen LogP contribution in [0.15, 0.2) is 53.7 Å². The third kappa shape index (κ3) is 6.43. The smallest absolute Gasteiger partial charge is 0.239 e. The summed E-state index contributed by atoms with van der Waals surface area (Å²) < 4.78 is 5.42. The fourth-order valence-electron chi connectivity index (χ4n) is 5.84. The van der Waals surface area contributed by atoms with Crippen LogP contribution in [-0.4, -0.2) is 62.5 Å². The van der Waals surface area contributed by atoms with Crippen molar-refractivity contribution in [2.75, 3.05) is 56.2 Å². The van der Waals surface area contributed by atoms with E-state index in [2.05, 4.69) is 29.4 Å². The van der Waals surface area contributed by atoms with Crippen molar-refractivity contribution in [3.05, 3.63) is 69.3 Å². The maximum absolute atomic E-state index is 13.8. The minimum atomic E-state index is -0.538. The average Bonchev–Trinajstić information content (AvgIpc) is 3.01. The lowest BCUT2D eigenvalue weighted by molar-refractivity contribution is -0.120. The number of ether oxygens (including phenoxy) is 1. The van der Waals surface area contributed by atoms with E-state index in [-0.39, 0.29) is 23.7 Å². The maximum atomic E-state index is 13.8. The fraction of sp³-hybridized carbons (Fsp3) is 0.467. The Hall–Kier alpha value is -2.58. The quantitative estimate of drug-likeness (QED) is 0.431. The summed E-state index contributed by atoms with van der Waals surface area (Å²) in [7, 11) is 0. The Balaban J connectivity index is 1.47. The van der Waals surface area contributed by atoms with Crippen LogP contribution in [0.3, 0.4) is 0 Å². The lowest BCUT2D eigenvalue weighted by Crippen LogP contribution is -2.43. The van der Waals surface area contributed by atoms with Crippen molar-refractivity contribution in [3.8, 4) is 0 Å². The van der Waals surface area contributed by atoms with Crippen molar-refractivity contribution < 1.29 is 14.3 Å². The number of benzene rings is 2. The van der Waals surface area contributed by atoms with E-state index in [9.17, 15) is 9.59 Å². The number of anilines is 2. The van der Waals surface area contributed by atoms with Crippen LogP contribution in [-0.2, 0) is 14.3 Å². The predicted octanol–water partition coefficient (Wildman–Crippen LogP) is 5.45. The minimum Gasteiger partial charge on any atom is -0.379 e. The number of Topliss-reactive ketones (excluding diaryl/α,β-unsaturated/α-hetero) is 1. The first-order chi connectivity index (χ1) is 18.7. The van der Waals surface area contributed by atoms with Gasteiger partial charge < -0.3 is 20.3 Å². The highest BCUT2D eigenvalue weighted by atomic mass is 35.5. The van der Waals surface area contributed by atoms with Crippen LogP contribution in [0.2, 0.25) is 10.0 Å². The predicted molar refractivity (Wildman–Crippen MR) is 157 cm³/mol. The first-order valence-electron chi connectivity index (χ1n) is 13.6. The zero-order valence-electron chi connectivity index (χ0n) is 22.6. The van der Waals surface area contributed by atoms with Gasteiger partial charge >= 0.3 is 0 Å². The molecule has 2 aromatic carbocycles. The van der Waals surface area contributed by atoms with Crippen LogP contribution in [0.1, 0.15) is 44.7 Å². The molecule has 2 heterocycles. The number of morpholine rings is 1. The van der Waals surface area contributed by atoms with E-state index in [1.165, 1.54) is 0 Å². The van der Waals surface area contributed by atoms with Crippen LogP contribution in [0.5, 0.6) is 0 Å². The molecule has 39 heavy (non-hydrogen) atoms. The number of fused-ring (bicyclic) bond motifs is 1. The number of carbonyl (C=O) groups is 2. The zero-order chi connectivity index (χ0) is 27.6. The summed E-state index contributed by atoms with van der Waals surface area (Å²) >= 11 is 13.0. The molecule has 0 bridgehead atoms. The van der Waals surface area contributed by atoms with Gasteiger partial charge in [0, 0.05) is 47.4 Å². The normalized spacial score (nSPS) is 21.1. The number of halogens is 2. The molecule has 0 aromatic heterocycles. The van der Waals surface area contributed by atoms with E-state index in [1.807, 2.05) is 35.2 Å². The Labute approximate surface area is 240 Å². The SMILES string of the molecule is CC1(C)CC(=O)C2=C(C1)Nc1ccccc1N(CC(=O)NCCCN1CCOCC1)C2c1ccc(Cl)cc1Cl. The molecule has 2 aromatic rings. The van der Waals surface area contributed by atoms with Crippen LogP contribution < -0.4 is 15.5 Å². The number of para-hydroxylation sites is 2. The van der Waals surface area contributed by atoms with Gasteiger partial charge in [0.1, 0.15) is 0 Å².